The molecule has 0 amide bonds. The number of esters is 1. The maximum absolute atomic E-state index is 12.9. The van der Waals surface area contributed by atoms with Crippen LogP contribution in [0.2, 0.25) is 0 Å². The van der Waals surface area contributed by atoms with Crippen molar-refractivity contribution < 1.29 is 27.6 Å². The van der Waals surface area contributed by atoms with Crippen LogP contribution in [0.15, 0.2) is 36.5 Å². The van der Waals surface area contributed by atoms with Crippen LogP contribution < -0.4 is 9.80 Å². The van der Waals surface area contributed by atoms with E-state index in [-0.39, 0.29) is 17.1 Å². The molecule has 154 valence electrons. The summed E-state index contributed by atoms with van der Waals surface area (Å²) in [6.07, 6.45) is -3.23. The molecule has 8 nitrogen and oxygen atoms in total. The molecule has 2 heterocycles. The molecule has 0 aliphatic carbocycles. The third kappa shape index (κ3) is 4.39. The summed E-state index contributed by atoms with van der Waals surface area (Å²) in [5.74, 6) is -0.632. The summed E-state index contributed by atoms with van der Waals surface area (Å²) in [4.78, 5) is 29.9. The molecule has 1 saturated heterocycles. The normalized spacial score (nSPS) is 14.6. The lowest BCUT2D eigenvalue weighted by molar-refractivity contribution is -0.384. The van der Waals surface area contributed by atoms with Gasteiger partial charge >= 0.3 is 17.8 Å². The number of nitrogens with zero attached hydrogens (tertiary/aromatic N) is 4. The number of hydrogen-bond acceptors (Lipinski definition) is 7. The van der Waals surface area contributed by atoms with E-state index >= 15 is 0 Å². The van der Waals surface area contributed by atoms with Crippen LogP contribution in [0.5, 0.6) is 0 Å². The number of carbonyl (C=O) groups excluding carboxylic acids is 1. The fourth-order valence-electron chi connectivity index (χ4n) is 3.11. The van der Waals surface area contributed by atoms with Crippen LogP contribution >= 0.6 is 0 Å². The van der Waals surface area contributed by atoms with Crippen LogP contribution in [0.4, 0.5) is 30.4 Å². The van der Waals surface area contributed by atoms with Gasteiger partial charge in [-0.1, -0.05) is 6.07 Å². The van der Waals surface area contributed by atoms with Crippen LogP contribution in [0.1, 0.15) is 15.9 Å². The molecular weight excluding hydrogens is 393 g/mol. The molecule has 0 unspecified atom stereocenters. The number of nitro groups is 1. The third-order valence-electron chi connectivity index (χ3n) is 4.58. The number of rotatable bonds is 4. The highest BCUT2D eigenvalue weighted by Gasteiger charge is 2.31. The average molecular weight is 410 g/mol. The topological polar surface area (TPSA) is 88.8 Å². The molecule has 2 aromatic rings. The molecule has 3 rings (SSSR count). The summed E-state index contributed by atoms with van der Waals surface area (Å²) in [5, 5.41) is 11.4. The van der Waals surface area contributed by atoms with Crippen LogP contribution in [0, 0.1) is 10.1 Å². The fraction of sp³-hybridized carbons (Fsp3) is 0.333. The minimum absolute atomic E-state index is 0.0365. The lowest BCUT2D eigenvalue weighted by Gasteiger charge is -2.36. The summed E-state index contributed by atoms with van der Waals surface area (Å²) in [7, 11) is 1.16. The van der Waals surface area contributed by atoms with E-state index in [2.05, 4.69) is 9.72 Å². The monoisotopic (exact) mass is 410 g/mol. The zero-order valence-electron chi connectivity index (χ0n) is 15.3. The van der Waals surface area contributed by atoms with Crippen LogP contribution in [0.25, 0.3) is 0 Å². The number of methoxy groups -OCH3 is 1. The molecule has 1 aromatic carbocycles. The van der Waals surface area contributed by atoms with Gasteiger partial charge in [-0.2, -0.15) is 13.2 Å². The van der Waals surface area contributed by atoms with Gasteiger partial charge in [0.1, 0.15) is 0 Å². The first kappa shape index (κ1) is 20.4. The molecule has 1 aliphatic rings. The van der Waals surface area contributed by atoms with Gasteiger partial charge in [0.2, 0.25) is 5.82 Å². The van der Waals surface area contributed by atoms with E-state index in [0.717, 1.165) is 25.3 Å². The lowest BCUT2D eigenvalue weighted by atomic mass is 10.1. The second kappa shape index (κ2) is 7.94. The van der Waals surface area contributed by atoms with Gasteiger partial charge in [0.25, 0.3) is 0 Å². The Bertz CT molecular complexity index is 928. The third-order valence-corrected chi connectivity index (χ3v) is 4.58. The smallest absolute Gasteiger partial charge is 0.416 e. The highest BCUT2D eigenvalue weighted by molar-refractivity contribution is 5.90. The fourth-order valence-corrected chi connectivity index (χ4v) is 3.11. The maximum atomic E-state index is 12.9. The molecule has 11 heteroatoms. The number of carbonyl (C=O) groups is 1. The van der Waals surface area contributed by atoms with Gasteiger partial charge in [-0.15, -0.1) is 0 Å². The van der Waals surface area contributed by atoms with E-state index in [0.29, 0.717) is 31.9 Å². The molecule has 1 fully saturated rings. The molecule has 0 bridgehead atoms. The summed E-state index contributed by atoms with van der Waals surface area (Å²) < 4.78 is 43.3. The molecule has 0 N–H and O–H groups in total. The molecule has 29 heavy (non-hydrogen) atoms. The van der Waals surface area contributed by atoms with E-state index in [1.807, 2.05) is 0 Å². The van der Waals surface area contributed by atoms with E-state index in [4.69, 9.17) is 0 Å². The van der Waals surface area contributed by atoms with Gasteiger partial charge in [0.15, 0.2) is 0 Å². The largest absolute Gasteiger partial charge is 0.465 e. The second-order valence-corrected chi connectivity index (χ2v) is 6.34. The first-order valence-electron chi connectivity index (χ1n) is 8.60. The molecule has 0 radical (unpaired) electrons. The van der Waals surface area contributed by atoms with Gasteiger partial charge < -0.3 is 14.5 Å². The zero-order chi connectivity index (χ0) is 21.2. The quantitative estimate of drug-likeness (QED) is 0.435. The van der Waals surface area contributed by atoms with Crippen molar-refractivity contribution in [3.63, 3.8) is 0 Å². The zero-order valence-corrected chi connectivity index (χ0v) is 15.3. The molecule has 1 aliphatic heterocycles. The highest BCUT2D eigenvalue weighted by Crippen LogP contribution is 2.33. The average Bonchev–Trinajstić information content (AvgIpc) is 2.72. The Morgan fingerprint density at radius 1 is 1.17 bits per heavy atom. The first-order valence-corrected chi connectivity index (χ1v) is 8.60. The molecule has 0 atom stereocenters. The van der Waals surface area contributed by atoms with Crippen LogP contribution in [-0.2, 0) is 10.9 Å². The highest BCUT2D eigenvalue weighted by atomic mass is 19.4. The van der Waals surface area contributed by atoms with Crippen molar-refractivity contribution in [2.24, 2.45) is 0 Å². The van der Waals surface area contributed by atoms with Gasteiger partial charge in [0, 0.05) is 44.1 Å². The Balaban J connectivity index is 1.77. The van der Waals surface area contributed by atoms with Gasteiger partial charge in [0.05, 0.1) is 23.2 Å². The SMILES string of the molecule is COC(=O)c1cnc(N2CCN(c3cccc(C(F)(F)F)c3)CC2)c([N+](=O)[O-])c1. The van der Waals surface area contributed by atoms with Crippen LogP contribution in [-0.4, -0.2) is 49.2 Å². The number of pyridine rings is 1. The van der Waals surface area contributed by atoms with Crippen molar-refractivity contribution in [2.45, 2.75) is 6.18 Å². The van der Waals surface area contributed by atoms with Crippen molar-refractivity contribution in [3.05, 3.63) is 57.8 Å². The second-order valence-electron chi connectivity index (χ2n) is 6.34. The Kier molecular flexibility index (Phi) is 5.57. The maximum Gasteiger partial charge on any atom is 0.416 e. The van der Waals surface area contributed by atoms with Crippen molar-refractivity contribution >= 4 is 23.2 Å². The number of halogens is 3. The summed E-state index contributed by atoms with van der Waals surface area (Å²) in [6.45, 7) is 1.36. The van der Waals surface area contributed by atoms with Gasteiger partial charge in [-0.05, 0) is 18.2 Å². The summed E-state index contributed by atoms with van der Waals surface area (Å²) >= 11 is 0. The first-order chi connectivity index (χ1) is 13.7. The molecular formula is C18H17F3N4O4. The summed E-state index contributed by atoms with van der Waals surface area (Å²) in [5.41, 5.74) is -0.665. The van der Waals surface area contributed by atoms with Crippen molar-refractivity contribution in [3.8, 4) is 0 Å². The van der Waals surface area contributed by atoms with Gasteiger partial charge in [-0.3, -0.25) is 10.1 Å². The number of anilines is 2. The Morgan fingerprint density at radius 2 is 1.83 bits per heavy atom. The predicted molar refractivity (Wildman–Crippen MR) is 98.1 cm³/mol. The van der Waals surface area contributed by atoms with Crippen molar-refractivity contribution in [1.82, 2.24) is 4.98 Å². The van der Waals surface area contributed by atoms with E-state index in [1.165, 1.54) is 12.3 Å². The van der Waals surface area contributed by atoms with Crippen molar-refractivity contribution in [2.75, 3.05) is 43.1 Å². The predicted octanol–water partition coefficient (Wildman–Crippen LogP) is 3.12. The number of ether oxygens (including phenoxy) is 1. The number of alkyl halides is 3. The number of aromatic nitrogens is 1. The summed E-state index contributed by atoms with van der Waals surface area (Å²) in [6, 6.07) is 6.14. The molecule has 0 saturated carbocycles. The molecule has 1 aromatic heterocycles. The van der Waals surface area contributed by atoms with Crippen LogP contribution in [0.3, 0.4) is 0 Å². The standard InChI is InChI=1S/C18H17F3N4O4/c1-29-17(26)12-9-15(25(27)28)16(22-11-12)24-7-5-23(6-8-24)14-4-2-3-13(10-14)18(19,20)21/h2-4,9-11H,5-8H2,1H3. The minimum Gasteiger partial charge on any atom is -0.465 e. The molecule has 0 spiro atoms. The number of hydrogen-bond donors (Lipinski definition) is 0. The Hall–Kier alpha value is -3.37. The Labute approximate surface area is 163 Å². The Morgan fingerprint density at radius 3 is 2.41 bits per heavy atom. The lowest BCUT2D eigenvalue weighted by Crippen LogP contribution is -2.47. The van der Waals surface area contributed by atoms with Crippen molar-refractivity contribution in [1.29, 1.82) is 0 Å². The van der Waals surface area contributed by atoms with Gasteiger partial charge in [-0.25, -0.2) is 9.78 Å². The minimum atomic E-state index is -4.43. The van der Waals surface area contributed by atoms with E-state index < -0.39 is 22.6 Å². The number of benzene rings is 1. The van der Waals surface area contributed by atoms with E-state index in [1.54, 1.807) is 15.9 Å². The van der Waals surface area contributed by atoms with E-state index in [9.17, 15) is 28.1 Å². The number of piperazine rings is 1.